The monoisotopic (exact) mass is 394 g/mol. The lowest BCUT2D eigenvalue weighted by Gasteiger charge is -2.27. The smallest absolute Gasteiger partial charge is 0.295 e. The molecule has 0 unspecified atom stereocenters. The summed E-state index contributed by atoms with van der Waals surface area (Å²) in [5.41, 5.74) is 1.95. The zero-order valence-electron chi connectivity index (χ0n) is 15.9. The zero-order chi connectivity index (χ0) is 19.1. The highest BCUT2D eigenvalue weighted by Crippen LogP contribution is 2.27. The Morgan fingerprint density at radius 1 is 1.23 bits per heavy atom. The molecule has 26 heavy (non-hydrogen) atoms. The van der Waals surface area contributed by atoms with Gasteiger partial charge in [0.1, 0.15) is 0 Å². The van der Waals surface area contributed by atoms with Gasteiger partial charge in [0.2, 0.25) is 5.91 Å². The summed E-state index contributed by atoms with van der Waals surface area (Å²) >= 11 is 2.71. The largest absolute Gasteiger partial charge is 0.466 e. The van der Waals surface area contributed by atoms with Crippen molar-refractivity contribution in [2.75, 3.05) is 22.5 Å². The summed E-state index contributed by atoms with van der Waals surface area (Å²) < 4.78 is 6.20. The first-order chi connectivity index (χ1) is 12.4. The Morgan fingerprint density at radius 3 is 2.50 bits per heavy atom. The van der Waals surface area contributed by atoms with E-state index in [0.29, 0.717) is 11.2 Å². The fourth-order valence-corrected chi connectivity index (χ4v) is 4.02. The highest BCUT2D eigenvalue weighted by atomic mass is 32.2. The molecule has 2 rings (SSSR count). The van der Waals surface area contributed by atoms with E-state index in [4.69, 9.17) is 4.74 Å². The van der Waals surface area contributed by atoms with Gasteiger partial charge in [0, 0.05) is 24.0 Å². The quantitative estimate of drug-likeness (QED) is 0.640. The van der Waals surface area contributed by atoms with E-state index in [2.05, 4.69) is 41.2 Å². The molecular weight excluding hydrogens is 368 g/mol. The van der Waals surface area contributed by atoms with Crippen molar-refractivity contribution in [1.82, 2.24) is 10.2 Å². The first kappa shape index (κ1) is 20.5. The summed E-state index contributed by atoms with van der Waals surface area (Å²) in [5, 5.41) is 11.4. The van der Waals surface area contributed by atoms with E-state index in [9.17, 15) is 4.79 Å². The van der Waals surface area contributed by atoms with Gasteiger partial charge in [0.05, 0.1) is 11.9 Å². The van der Waals surface area contributed by atoms with E-state index in [1.54, 1.807) is 0 Å². The maximum absolute atomic E-state index is 12.1. The van der Waals surface area contributed by atoms with Gasteiger partial charge in [-0.25, -0.2) is 0 Å². The van der Waals surface area contributed by atoms with Gasteiger partial charge >= 0.3 is 0 Å². The van der Waals surface area contributed by atoms with E-state index in [-0.39, 0.29) is 17.8 Å². The highest BCUT2D eigenvalue weighted by Gasteiger charge is 2.11. The minimum Gasteiger partial charge on any atom is -0.466 e. The van der Waals surface area contributed by atoms with Crippen LogP contribution in [0.4, 0.5) is 11.4 Å². The van der Waals surface area contributed by atoms with Crippen LogP contribution in [0.3, 0.4) is 0 Å². The van der Waals surface area contributed by atoms with Crippen molar-refractivity contribution in [3.05, 3.63) is 24.3 Å². The SMILES string of the molecule is CCN(c1ccc(NC(=O)CSc2nnc(OC(C)C)s2)cc1)C(C)C. The van der Waals surface area contributed by atoms with Crippen molar-refractivity contribution < 1.29 is 9.53 Å². The van der Waals surface area contributed by atoms with Crippen LogP contribution in [0, 0.1) is 0 Å². The third-order valence-electron chi connectivity index (χ3n) is 3.50. The lowest BCUT2D eigenvalue weighted by atomic mass is 10.2. The van der Waals surface area contributed by atoms with Crippen molar-refractivity contribution in [3.8, 4) is 5.19 Å². The van der Waals surface area contributed by atoms with Crippen LogP contribution in [0.2, 0.25) is 0 Å². The molecule has 0 aliphatic rings. The molecule has 0 spiro atoms. The van der Waals surface area contributed by atoms with Gasteiger partial charge in [-0.15, -0.1) is 5.10 Å². The zero-order valence-corrected chi connectivity index (χ0v) is 17.5. The average molecular weight is 395 g/mol. The minimum absolute atomic E-state index is 0.0615. The second-order valence-corrected chi connectivity index (χ2v) is 8.43. The highest BCUT2D eigenvalue weighted by molar-refractivity contribution is 8.01. The summed E-state index contributed by atoms with van der Waals surface area (Å²) in [6.45, 7) is 11.3. The molecule has 1 heterocycles. The van der Waals surface area contributed by atoms with Crippen LogP contribution in [0.5, 0.6) is 5.19 Å². The first-order valence-corrected chi connectivity index (χ1v) is 10.5. The summed E-state index contributed by atoms with van der Waals surface area (Å²) in [4.78, 5) is 14.4. The predicted molar refractivity (Wildman–Crippen MR) is 110 cm³/mol. The van der Waals surface area contributed by atoms with Crippen molar-refractivity contribution in [1.29, 1.82) is 0 Å². The van der Waals surface area contributed by atoms with Crippen molar-refractivity contribution >= 4 is 40.4 Å². The molecule has 0 saturated carbocycles. The predicted octanol–water partition coefficient (Wildman–Crippen LogP) is 4.29. The molecular formula is C18H26N4O2S2. The van der Waals surface area contributed by atoms with E-state index in [0.717, 1.165) is 22.3 Å². The number of rotatable bonds is 9. The van der Waals surface area contributed by atoms with E-state index >= 15 is 0 Å². The summed E-state index contributed by atoms with van der Waals surface area (Å²) in [6, 6.07) is 8.37. The van der Waals surface area contributed by atoms with Crippen LogP contribution in [0.1, 0.15) is 34.6 Å². The summed E-state index contributed by atoms with van der Waals surface area (Å²) in [7, 11) is 0. The Hall–Kier alpha value is -1.80. The van der Waals surface area contributed by atoms with Gasteiger partial charge in [-0.2, -0.15) is 0 Å². The van der Waals surface area contributed by atoms with Gasteiger partial charge in [0.15, 0.2) is 4.34 Å². The number of amides is 1. The molecule has 2 aromatic rings. The molecule has 0 aliphatic heterocycles. The van der Waals surface area contributed by atoms with Gasteiger partial charge in [-0.05, 0) is 70.2 Å². The molecule has 0 bridgehead atoms. The number of nitrogens with zero attached hydrogens (tertiary/aromatic N) is 3. The van der Waals surface area contributed by atoms with Crippen LogP contribution in [-0.2, 0) is 4.79 Å². The third kappa shape index (κ3) is 6.17. The van der Waals surface area contributed by atoms with E-state index < -0.39 is 0 Å². The number of benzene rings is 1. The minimum atomic E-state index is -0.0690. The first-order valence-electron chi connectivity index (χ1n) is 8.68. The Labute approximate surface area is 163 Å². The lowest BCUT2D eigenvalue weighted by molar-refractivity contribution is -0.113. The Balaban J connectivity index is 1.85. The number of nitrogens with one attached hydrogen (secondary N) is 1. The van der Waals surface area contributed by atoms with Gasteiger partial charge in [-0.3, -0.25) is 4.79 Å². The fraction of sp³-hybridized carbons (Fsp3) is 0.500. The van der Waals surface area contributed by atoms with Gasteiger partial charge in [-0.1, -0.05) is 16.9 Å². The van der Waals surface area contributed by atoms with Crippen molar-refractivity contribution in [2.24, 2.45) is 0 Å². The number of aromatic nitrogens is 2. The Kier molecular flexibility index (Phi) is 7.71. The Morgan fingerprint density at radius 2 is 1.92 bits per heavy atom. The Bertz CT molecular complexity index is 701. The molecule has 0 aliphatic carbocycles. The normalized spacial score (nSPS) is 11.0. The van der Waals surface area contributed by atoms with Crippen LogP contribution < -0.4 is 15.0 Å². The average Bonchev–Trinajstić information content (AvgIpc) is 3.01. The number of hydrogen-bond donors (Lipinski definition) is 1. The van der Waals surface area contributed by atoms with Crippen LogP contribution in [0.25, 0.3) is 0 Å². The number of carbonyl (C=O) groups is 1. The second kappa shape index (κ2) is 9.78. The number of hydrogen-bond acceptors (Lipinski definition) is 7. The third-order valence-corrected chi connectivity index (χ3v) is 5.45. The number of thioether (sulfide) groups is 1. The molecule has 8 heteroatoms. The van der Waals surface area contributed by atoms with E-state index in [1.807, 2.05) is 38.1 Å². The van der Waals surface area contributed by atoms with Crippen molar-refractivity contribution in [3.63, 3.8) is 0 Å². The van der Waals surface area contributed by atoms with Crippen LogP contribution >= 0.6 is 23.1 Å². The standard InChI is InChI=1S/C18H26N4O2S2/c1-6-22(12(2)3)15-9-7-14(8-10-15)19-16(23)11-25-18-21-20-17(26-18)24-13(4)5/h7-10,12-13H,6,11H2,1-5H3,(H,19,23). The van der Waals surface area contributed by atoms with Crippen LogP contribution in [-0.4, -0.2) is 40.5 Å². The summed E-state index contributed by atoms with van der Waals surface area (Å²) in [5.74, 6) is 0.214. The van der Waals surface area contributed by atoms with Crippen molar-refractivity contribution in [2.45, 2.75) is 51.1 Å². The molecule has 6 nitrogen and oxygen atoms in total. The molecule has 0 atom stereocenters. The molecule has 0 saturated heterocycles. The second-order valence-electron chi connectivity index (χ2n) is 6.26. The molecule has 1 aromatic heterocycles. The molecule has 0 fully saturated rings. The maximum Gasteiger partial charge on any atom is 0.295 e. The van der Waals surface area contributed by atoms with E-state index in [1.165, 1.54) is 23.1 Å². The molecule has 0 radical (unpaired) electrons. The molecule has 142 valence electrons. The number of carbonyl (C=O) groups excluding carboxylic acids is 1. The fourth-order valence-electron chi connectivity index (χ4n) is 2.41. The molecule has 1 N–H and O–H groups in total. The summed E-state index contributed by atoms with van der Waals surface area (Å²) in [6.07, 6.45) is 0.0615. The molecule has 1 amide bonds. The molecule has 1 aromatic carbocycles. The van der Waals surface area contributed by atoms with Crippen LogP contribution in [0.15, 0.2) is 28.6 Å². The lowest BCUT2D eigenvalue weighted by Crippen LogP contribution is -2.30. The topological polar surface area (TPSA) is 67.4 Å². The number of anilines is 2. The number of ether oxygens (including phenoxy) is 1. The maximum atomic E-state index is 12.1. The van der Waals surface area contributed by atoms with Gasteiger partial charge in [0.25, 0.3) is 5.19 Å². The van der Waals surface area contributed by atoms with Gasteiger partial charge < -0.3 is 15.0 Å².